The highest BCUT2D eigenvalue weighted by atomic mass is 16.5. The van der Waals surface area contributed by atoms with Gasteiger partial charge in [0.25, 0.3) is 0 Å². The van der Waals surface area contributed by atoms with Crippen LogP contribution in [0.2, 0.25) is 0 Å². The van der Waals surface area contributed by atoms with Crippen molar-refractivity contribution in [3.8, 4) is 0 Å². The van der Waals surface area contributed by atoms with E-state index in [0.29, 0.717) is 19.7 Å². The Kier molecular flexibility index (Phi) is 6.07. The highest BCUT2D eigenvalue weighted by molar-refractivity contribution is 5.88. The second-order valence-electron chi connectivity index (χ2n) is 4.45. The number of likely N-dealkylation sites (N-methyl/N-ethyl adjacent to an activating group) is 1. The van der Waals surface area contributed by atoms with E-state index in [1.54, 1.807) is 11.9 Å². The van der Waals surface area contributed by atoms with E-state index >= 15 is 0 Å². The quantitative estimate of drug-likeness (QED) is 0.677. The van der Waals surface area contributed by atoms with Crippen LogP contribution in [0.4, 0.5) is 0 Å². The summed E-state index contributed by atoms with van der Waals surface area (Å²) in [6.45, 7) is 6.59. The Labute approximate surface area is 108 Å². The lowest BCUT2D eigenvalue weighted by Gasteiger charge is -2.35. The van der Waals surface area contributed by atoms with Gasteiger partial charge in [-0.25, -0.2) is 0 Å². The summed E-state index contributed by atoms with van der Waals surface area (Å²) in [5.41, 5.74) is 0. The minimum absolute atomic E-state index is 0.00727. The van der Waals surface area contributed by atoms with Crippen LogP contribution in [0.25, 0.3) is 0 Å². The van der Waals surface area contributed by atoms with Gasteiger partial charge in [-0.2, -0.15) is 0 Å². The molecular formula is C12H23N3O3. The SMILES string of the molecule is CCNCC(C)C(=O)N1CCOCC1C(=O)NC. The van der Waals surface area contributed by atoms with Crippen molar-refractivity contribution in [2.45, 2.75) is 19.9 Å². The zero-order chi connectivity index (χ0) is 13.5. The molecule has 0 aromatic heterocycles. The van der Waals surface area contributed by atoms with Crippen molar-refractivity contribution >= 4 is 11.8 Å². The Balaban J connectivity index is 2.64. The van der Waals surface area contributed by atoms with E-state index in [1.807, 2.05) is 13.8 Å². The van der Waals surface area contributed by atoms with E-state index in [9.17, 15) is 9.59 Å². The second-order valence-corrected chi connectivity index (χ2v) is 4.45. The van der Waals surface area contributed by atoms with Gasteiger partial charge in [-0.3, -0.25) is 9.59 Å². The van der Waals surface area contributed by atoms with Crippen LogP contribution in [-0.4, -0.2) is 62.7 Å². The summed E-state index contributed by atoms with van der Waals surface area (Å²) >= 11 is 0. The molecule has 0 spiro atoms. The van der Waals surface area contributed by atoms with Gasteiger partial charge in [0.1, 0.15) is 6.04 Å². The van der Waals surface area contributed by atoms with E-state index in [1.165, 1.54) is 0 Å². The van der Waals surface area contributed by atoms with Crippen molar-refractivity contribution in [1.82, 2.24) is 15.5 Å². The highest BCUT2D eigenvalue weighted by Gasteiger charge is 2.33. The van der Waals surface area contributed by atoms with E-state index in [2.05, 4.69) is 10.6 Å². The summed E-state index contributed by atoms with van der Waals surface area (Å²) in [7, 11) is 1.57. The Hall–Kier alpha value is -1.14. The zero-order valence-electron chi connectivity index (χ0n) is 11.4. The molecule has 6 nitrogen and oxygen atoms in total. The standard InChI is InChI=1S/C12H23N3O3/c1-4-14-7-9(2)12(17)15-5-6-18-8-10(15)11(16)13-3/h9-10,14H,4-8H2,1-3H3,(H,13,16). The van der Waals surface area contributed by atoms with Crippen LogP contribution in [0.1, 0.15) is 13.8 Å². The van der Waals surface area contributed by atoms with Gasteiger partial charge in [0, 0.05) is 26.1 Å². The van der Waals surface area contributed by atoms with Gasteiger partial charge in [0.2, 0.25) is 11.8 Å². The topological polar surface area (TPSA) is 70.7 Å². The summed E-state index contributed by atoms with van der Waals surface area (Å²) in [4.78, 5) is 25.6. The van der Waals surface area contributed by atoms with Gasteiger partial charge < -0.3 is 20.3 Å². The van der Waals surface area contributed by atoms with Crippen LogP contribution in [0.15, 0.2) is 0 Å². The number of nitrogens with zero attached hydrogens (tertiary/aromatic N) is 1. The highest BCUT2D eigenvalue weighted by Crippen LogP contribution is 2.11. The first kappa shape index (κ1) is 14.9. The van der Waals surface area contributed by atoms with Crippen molar-refractivity contribution in [1.29, 1.82) is 0 Å². The molecule has 1 aliphatic heterocycles. The van der Waals surface area contributed by atoms with Crippen LogP contribution in [0.3, 0.4) is 0 Å². The first-order chi connectivity index (χ1) is 8.61. The molecule has 0 aromatic carbocycles. The van der Waals surface area contributed by atoms with Crippen molar-refractivity contribution in [2.75, 3.05) is 39.9 Å². The number of amides is 2. The monoisotopic (exact) mass is 257 g/mol. The van der Waals surface area contributed by atoms with Crippen LogP contribution < -0.4 is 10.6 Å². The number of hydrogen-bond donors (Lipinski definition) is 2. The largest absolute Gasteiger partial charge is 0.377 e. The fraction of sp³-hybridized carbons (Fsp3) is 0.833. The predicted octanol–water partition coefficient (Wildman–Crippen LogP) is -0.795. The average molecular weight is 257 g/mol. The summed E-state index contributed by atoms with van der Waals surface area (Å²) in [6.07, 6.45) is 0. The van der Waals surface area contributed by atoms with Gasteiger partial charge in [0.15, 0.2) is 0 Å². The predicted molar refractivity (Wildman–Crippen MR) is 68.1 cm³/mol. The molecule has 2 unspecified atom stereocenters. The third kappa shape index (κ3) is 3.68. The number of carbonyl (C=O) groups is 2. The molecular weight excluding hydrogens is 234 g/mol. The molecule has 0 radical (unpaired) electrons. The van der Waals surface area contributed by atoms with Gasteiger partial charge in [-0.15, -0.1) is 0 Å². The fourth-order valence-electron chi connectivity index (χ4n) is 1.98. The van der Waals surface area contributed by atoms with Crippen molar-refractivity contribution in [3.63, 3.8) is 0 Å². The Morgan fingerprint density at radius 1 is 1.50 bits per heavy atom. The van der Waals surface area contributed by atoms with Crippen molar-refractivity contribution in [2.24, 2.45) is 5.92 Å². The van der Waals surface area contributed by atoms with Gasteiger partial charge >= 0.3 is 0 Å². The molecule has 1 aliphatic rings. The van der Waals surface area contributed by atoms with Crippen molar-refractivity contribution in [3.05, 3.63) is 0 Å². The lowest BCUT2D eigenvalue weighted by Crippen LogP contribution is -2.57. The minimum atomic E-state index is -0.500. The zero-order valence-corrected chi connectivity index (χ0v) is 11.4. The molecule has 18 heavy (non-hydrogen) atoms. The van der Waals surface area contributed by atoms with E-state index in [4.69, 9.17) is 4.74 Å². The Morgan fingerprint density at radius 2 is 2.22 bits per heavy atom. The van der Waals surface area contributed by atoms with Crippen LogP contribution in [-0.2, 0) is 14.3 Å². The number of rotatable bonds is 5. The molecule has 0 aliphatic carbocycles. The summed E-state index contributed by atoms with van der Waals surface area (Å²) in [5, 5.41) is 5.72. The Morgan fingerprint density at radius 3 is 2.83 bits per heavy atom. The normalized spacial score (nSPS) is 21.5. The molecule has 1 rings (SSSR count). The molecule has 1 fully saturated rings. The van der Waals surface area contributed by atoms with Crippen LogP contribution >= 0.6 is 0 Å². The number of ether oxygens (including phenoxy) is 1. The number of carbonyl (C=O) groups excluding carboxylic acids is 2. The molecule has 0 bridgehead atoms. The molecule has 2 amide bonds. The summed E-state index contributed by atoms with van der Waals surface area (Å²) in [6, 6.07) is -0.500. The molecule has 1 saturated heterocycles. The Bertz CT molecular complexity index is 296. The fourth-order valence-corrected chi connectivity index (χ4v) is 1.98. The maximum Gasteiger partial charge on any atom is 0.244 e. The second kappa shape index (κ2) is 7.33. The third-order valence-corrected chi connectivity index (χ3v) is 3.08. The minimum Gasteiger partial charge on any atom is -0.377 e. The van der Waals surface area contributed by atoms with Gasteiger partial charge in [0.05, 0.1) is 13.2 Å². The first-order valence-electron chi connectivity index (χ1n) is 6.42. The lowest BCUT2D eigenvalue weighted by atomic mass is 10.1. The summed E-state index contributed by atoms with van der Waals surface area (Å²) < 4.78 is 5.28. The molecule has 2 N–H and O–H groups in total. The average Bonchev–Trinajstić information content (AvgIpc) is 2.43. The van der Waals surface area contributed by atoms with Gasteiger partial charge in [-0.05, 0) is 6.54 Å². The van der Waals surface area contributed by atoms with E-state index in [0.717, 1.165) is 6.54 Å². The molecule has 2 atom stereocenters. The number of morpholine rings is 1. The lowest BCUT2D eigenvalue weighted by molar-refractivity contribution is -0.150. The first-order valence-corrected chi connectivity index (χ1v) is 6.42. The molecule has 0 aromatic rings. The molecule has 0 saturated carbocycles. The van der Waals surface area contributed by atoms with Crippen LogP contribution in [0, 0.1) is 5.92 Å². The smallest absolute Gasteiger partial charge is 0.244 e. The molecule has 6 heteroatoms. The molecule has 104 valence electrons. The maximum atomic E-state index is 12.3. The van der Waals surface area contributed by atoms with Gasteiger partial charge in [-0.1, -0.05) is 13.8 Å². The number of hydrogen-bond acceptors (Lipinski definition) is 4. The molecule has 1 heterocycles. The van der Waals surface area contributed by atoms with Crippen molar-refractivity contribution < 1.29 is 14.3 Å². The van der Waals surface area contributed by atoms with E-state index in [-0.39, 0.29) is 24.3 Å². The maximum absolute atomic E-state index is 12.3. The number of nitrogens with one attached hydrogen (secondary N) is 2. The third-order valence-electron chi connectivity index (χ3n) is 3.08. The van der Waals surface area contributed by atoms with E-state index < -0.39 is 6.04 Å². The summed E-state index contributed by atoms with van der Waals surface area (Å²) in [5.74, 6) is -0.290. The van der Waals surface area contributed by atoms with Crippen LogP contribution in [0.5, 0.6) is 0 Å².